The van der Waals surface area contributed by atoms with Gasteiger partial charge in [0.25, 0.3) is 5.91 Å². The topological polar surface area (TPSA) is 54.0 Å². The molecule has 0 spiro atoms. The van der Waals surface area contributed by atoms with Crippen molar-refractivity contribution in [1.82, 2.24) is 15.6 Å². The van der Waals surface area contributed by atoms with Crippen molar-refractivity contribution in [3.8, 4) is 0 Å². The number of carbonyl (C=O) groups is 1. The maximum atomic E-state index is 12.3. The van der Waals surface area contributed by atoms with Crippen LogP contribution in [0.2, 0.25) is 5.02 Å². The first-order chi connectivity index (χ1) is 10.3. The summed E-state index contributed by atoms with van der Waals surface area (Å²) < 4.78 is 0. The molecule has 21 heavy (non-hydrogen) atoms. The summed E-state index contributed by atoms with van der Waals surface area (Å²) in [6, 6.07) is 7.19. The zero-order chi connectivity index (χ0) is 14.7. The van der Waals surface area contributed by atoms with Crippen LogP contribution in [0, 0.1) is 5.92 Å². The van der Waals surface area contributed by atoms with Crippen LogP contribution >= 0.6 is 11.6 Å². The monoisotopic (exact) mass is 303 g/mol. The number of fused-ring (bicyclic) bond motifs is 1. The van der Waals surface area contributed by atoms with Crippen molar-refractivity contribution >= 4 is 28.4 Å². The predicted octanol–water partition coefficient (Wildman–Crippen LogP) is 2.62. The summed E-state index contributed by atoms with van der Waals surface area (Å²) in [5, 5.41) is 7.75. The van der Waals surface area contributed by atoms with E-state index in [1.807, 2.05) is 12.1 Å². The third kappa shape index (κ3) is 3.17. The molecule has 110 valence electrons. The van der Waals surface area contributed by atoms with Crippen LogP contribution in [0.5, 0.6) is 0 Å². The molecule has 5 heteroatoms. The minimum Gasteiger partial charge on any atom is -0.352 e. The fourth-order valence-electron chi connectivity index (χ4n) is 2.77. The minimum absolute atomic E-state index is 0.0821. The quantitative estimate of drug-likeness (QED) is 0.913. The number of aromatic nitrogens is 1. The molecule has 4 nitrogen and oxygen atoms in total. The highest BCUT2D eigenvalue weighted by Gasteiger charge is 2.16. The van der Waals surface area contributed by atoms with Gasteiger partial charge >= 0.3 is 0 Å². The molecule has 0 radical (unpaired) electrons. The summed E-state index contributed by atoms with van der Waals surface area (Å²) in [5.74, 6) is 0.590. The van der Waals surface area contributed by atoms with Gasteiger partial charge in [0, 0.05) is 18.1 Å². The second kappa shape index (κ2) is 6.41. The number of halogens is 1. The third-order valence-electron chi connectivity index (χ3n) is 3.96. The van der Waals surface area contributed by atoms with Crippen molar-refractivity contribution < 1.29 is 4.79 Å². The van der Waals surface area contributed by atoms with Crippen LogP contribution in [0.4, 0.5) is 0 Å². The number of amides is 1. The summed E-state index contributed by atoms with van der Waals surface area (Å²) in [5.41, 5.74) is 1.24. The SMILES string of the molecule is O=C(NCCC1CCNC1)c1ccc(Cl)c2cccnc12. The maximum absolute atomic E-state index is 12.3. The van der Waals surface area contributed by atoms with Crippen molar-refractivity contribution in [2.75, 3.05) is 19.6 Å². The van der Waals surface area contributed by atoms with Gasteiger partial charge < -0.3 is 10.6 Å². The van der Waals surface area contributed by atoms with Crippen molar-refractivity contribution in [2.45, 2.75) is 12.8 Å². The Balaban J connectivity index is 1.71. The molecule has 1 unspecified atom stereocenters. The second-order valence-electron chi connectivity index (χ2n) is 5.40. The molecule has 1 aliphatic heterocycles. The third-order valence-corrected chi connectivity index (χ3v) is 4.29. The molecule has 0 bridgehead atoms. The van der Waals surface area contributed by atoms with Gasteiger partial charge in [-0.1, -0.05) is 11.6 Å². The van der Waals surface area contributed by atoms with Crippen LogP contribution < -0.4 is 10.6 Å². The number of pyridine rings is 1. The predicted molar refractivity (Wildman–Crippen MR) is 84.7 cm³/mol. The van der Waals surface area contributed by atoms with Gasteiger partial charge in [-0.15, -0.1) is 0 Å². The van der Waals surface area contributed by atoms with Crippen LogP contribution in [0.25, 0.3) is 10.9 Å². The minimum atomic E-state index is -0.0821. The molecule has 1 aromatic heterocycles. The smallest absolute Gasteiger partial charge is 0.253 e. The highest BCUT2D eigenvalue weighted by Crippen LogP contribution is 2.24. The van der Waals surface area contributed by atoms with Crippen molar-refractivity contribution in [3.05, 3.63) is 41.0 Å². The average molecular weight is 304 g/mol. The van der Waals surface area contributed by atoms with E-state index in [1.165, 1.54) is 6.42 Å². The molecule has 0 aliphatic carbocycles. The normalized spacial score (nSPS) is 18.0. The van der Waals surface area contributed by atoms with Gasteiger partial charge in [0.1, 0.15) is 0 Å². The Morgan fingerprint density at radius 1 is 1.43 bits per heavy atom. The molecule has 1 atom stereocenters. The van der Waals surface area contributed by atoms with E-state index in [4.69, 9.17) is 11.6 Å². The van der Waals surface area contributed by atoms with Gasteiger partial charge in [-0.2, -0.15) is 0 Å². The van der Waals surface area contributed by atoms with Crippen molar-refractivity contribution in [1.29, 1.82) is 0 Å². The molecule has 2 heterocycles. The van der Waals surface area contributed by atoms with Gasteiger partial charge in [0.15, 0.2) is 0 Å². The Morgan fingerprint density at radius 2 is 2.33 bits per heavy atom. The van der Waals surface area contributed by atoms with Gasteiger partial charge in [0.2, 0.25) is 0 Å². The van der Waals surface area contributed by atoms with Gasteiger partial charge in [-0.3, -0.25) is 9.78 Å². The van der Waals surface area contributed by atoms with Gasteiger partial charge in [-0.25, -0.2) is 0 Å². The maximum Gasteiger partial charge on any atom is 0.253 e. The number of hydrogen-bond donors (Lipinski definition) is 2. The molecule has 1 aliphatic rings. The molecule has 3 rings (SSSR count). The highest BCUT2D eigenvalue weighted by atomic mass is 35.5. The van der Waals surface area contributed by atoms with E-state index in [9.17, 15) is 4.79 Å². The van der Waals surface area contributed by atoms with E-state index in [0.717, 1.165) is 24.9 Å². The number of benzene rings is 1. The van der Waals surface area contributed by atoms with E-state index in [2.05, 4.69) is 15.6 Å². The molecule has 1 amide bonds. The molecule has 1 saturated heterocycles. The summed E-state index contributed by atoms with van der Waals surface area (Å²) in [4.78, 5) is 16.6. The van der Waals surface area contributed by atoms with Crippen LogP contribution in [0.1, 0.15) is 23.2 Å². The Morgan fingerprint density at radius 3 is 3.14 bits per heavy atom. The fraction of sp³-hybridized carbons (Fsp3) is 0.375. The second-order valence-corrected chi connectivity index (χ2v) is 5.81. The van der Waals surface area contributed by atoms with Crippen LogP contribution in [-0.2, 0) is 0 Å². The Labute approximate surface area is 128 Å². The van der Waals surface area contributed by atoms with E-state index >= 15 is 0 Å². The summed E-state index contributed by atoms with van der Waals surface area (Å²) in [7, 11) is 0. The number of carbonyl (C=O) groups excluding carboxylic acids is 1. The number of rotatable bonds is 4. The Kier molecular flexibility index (Phi) is 4.36. The lowest BCUT2D eigenvalue weighted by molar-refractivity contribution is 0.0953. The first-order valence-electron chi connectivity index (χ1n) is 7.28. The van der Waals surface area contributed by atoms with E-state index in [1.54, 1.807) is 18.3 Å². The first kappa shape index (κ1) is 14.3. The number of nitrogens with zero attached hydrogens (tertiary/aromatic N) is 1. The zero-order valence-corrected chi connectivity index (χ0v) is 12.5. The lowest BCUT2D eigenvalue weighted by Gasteiger charge is -2.11. The van der Waals surface area contributed by atoms with Crippen LogP contribution in [-0.4, -0.2) is 30.5 Å². The zero-order valence-electron chi connectivity index (χ0n) is 11.7. The van der Waals surface area contributed by atoms with E-state index in [0.29, 0.717) is 28.6 Å². The molecular weight excluding hydrogens is 286 g/mol. The standard InChI is InChI=1S/C16H18ClN3O/c17-14-4-3-13(15-12(14)2-1-7-19-15)16(21)20-9-6-11-5-8-18-10-11/h1-4,7,11,18H,5-6,8-10H2,(H,20,21). The fourth-order valence-corrected chi connectivity index (χ4v) is 2.98. The van der Waals surface area contributed by atoms with E-state index < -0.39 is 0 Å². The molecule has 2 N–H and O–H groups in total. The molecular formula is C16H18ClN3O. The summed E-state index contributed by atoms with van der Waals surface area (Å²) >= 11 is 6.15. The van der Waals surface area contributed by atoms with Gasteiger partial charge in [0.05, 0.1) is 16.1 Å². The van der Waals surface area contributed by atoms with Crippen molar-refractivity contribution in [3.63, 3.8) is 0 Å². The number of hydrogen-bond acceptors (Lipinski definition) is 3. The van der Waals surface area contributed by atoms with Crippen molar-refractivity contribution in [2.24, 2.45) is 5.92 Å². The van der Waals surface area contributed by atoms with Crippen LogP contribution in [0.3, 0.4) is 0 Å². The largest absolute Gasteiger partial charge is 0.352 e. The molecule has 0 saturated carbocycles. The molecule has 2 aromatic rings. The lowest BCUT2D eigenvalue weighted by Crippen LogP contribution is -2.26. The Bertz CT molecular complexity index is 653. The molecule has 1 fully saturated rings. The summed E-state index contributed by atoms with van der Waals surface area (Å²) in [6.45, 7) is 2.84. The number of nitrogens with one attached hydrogen (secondary N) is 2. The summed E-state index contributed by atoms with van der Waals surface area (Å²) in [6.07, 6.45) is 3.89. The molecule has 1 aromatic carbocycles. The van der Waals surface area contributed by atoms with Gasteiger partial charge in [-0.05, 0) is 56.1 Å². The lowest BCUT2D eigenvalue weighted by atomic mass is 10.0. The Hall–Kier alpha value is -1.65. The highest BCUT2D eigenvalue weighted by molar-refractivity contribution is 6.36. The average Bonchev–Trinajstić information content (AvgIpc) is 3.01. The van der Waals surface area contributed by atoms with Crippen LogP contribution in [0.15, 0.2) is 30.5 Å². The van der Waals surface area contributed by atoms with E-state index in [-0.39, 0.29) is 5.91 Å². The first-order valence-corrected chi connectivity index (χ1v) is 7.65.